The summed E-state index contributed by atoms with van der Waals surface area (Å²) in [4.78, 5) is 27.1. The maximum Gasteiger partial charge on any atom is 0.340 e. The van der Waals surface area contributed by atoms with E-state index in [1.165, 1.54) is 18.5 Å². The van der Waals surface area contributed by atoms with E-state index in [1.54, 1.807) is 12.3 Å². The molecule has 1 aromatic rings. The van der Waals surface area contributed by atoms with Gasteiger partial charge >= 0.3 is 12.0 Å². The van der Waals surface area contributed by atoms with Gasteiger partial charge < -0.3 is 10.4 Å². The minimum absolute atomic E-state index is 0.220. The van der Waals surface area contributed by atoms with Crippen LogP contribution in [0, 0.1) is 0 Å². The lowest BCUT2D eigenvalue weighted by molar-refractivity contribution is 0.0696. The molecule has 2 N–H and O–H groups in total. The number of amides is 2. The van der Waals surface area contributed by atoms with Crippen LogP contribution in [0.3, 0.4) is 0 Å². The summed E-state index contributed by atoms with van der Waals surface area (Å²) in [5.41, 5.74) is 0.220. The standard InChI is InChI=1S/C6H5NO2.C3H4N2O/c8-6(9)5-2-1-3-7-4-5;6-3-4-1-2-5-3/h1-4H,(H,8,9);1H,2H2,(H,5,6). The van der Waals surface area contributed by atoms with Gasteiger partial charge in [0.05, 0.1) is 12.1 Å². The molecule has 2 amide bonds. The van der Waals surface area contributed by atoms with E-state index in [0.717, 1.165) is 0 Å². The molecule has 0 radical (unpaired) electrons. The number of hydrogen-bond acceptors (Lipinski definition) is 3. The zero-order chi connectivity index (χ0) is 11.1. The lowest BCUT2D eigenvalue weighted by Gasteiger charge is -1.87. The monoisotopic (exact) mass is 207 g/mol. The van der Waals surface area contributed by atoms with Gasteiger partial charge in [-0.15, -0.1) is 0 Å². The third-order valence-corrected chi connectivity index (χ3v) is 1.46. The summed E-state index contributed by atoms with van der Waals surface area (Å²) in [7, 11) is 0. The summed E-state index contributed by atoms with van der Waals surface area (Å²) in [6.45, 7) is 0.596. The van der Waals surface area contributed by atoms with E-state index < -0.39 is 5.97 Å². The minimum Gasteiger partial charge on any atom is -0.478 e. The van der Waals surface area contributed by atoms with Gasteiger partial charge in [0.15, 0.2) is 0 Å². The van der Waals surface area contributed by atoms with Crippen molar-refractivity contribution >= 4 is 18.2 Å². The number of hydrogen-bond donors (Lipinski definition) is 2. The molecular formula is C9H9N3O3. The number of nitrogens with zero attached hydrogens (tertiary/aromatic N) is 2. The van der Waals surface area contributed by atoms with Gasteiger partial charge in [-0.1, -0.05) is 0 Å². The molecule has 0 bridgehead atoms. The number of rotatable bonds is 1. The third kappa shape index (κ3) is 3.99. The number of carboxylic acids is 1. The Balaban J connectivity index is 0.000000162. The maximum atomic E-state index is 10.2. The second-order valence-electron chi connectivity index (χ2n) is 2.54. The van der Waals surface area contributed by atoms with E-state index in [2.05, 4.69) is 15.3 Å². The Hall–Kier alpha value is -2.24. The van der Waals surface area contributed by atoms with Crippen LogP contribution in [0.25, 0.3) is 0 Å². The number of nitrogens with one attached hydrogen (secondary N) is 1. The highest BCUT2D eigenvalue weighted by Gasteiger charge is 1.98. The summed E-state index contributed by atoms with van der Waals surface area (Å²) in [5, 5.41) is 10.8. The SMILES string of the molecule is O=C(O)c1cccnc1.O=C1N=CCN1. The third-order valence-electron chi connectivity index (χ3n) is 1.46. The number of aliphatic imine (C=N–C) groups is 1. The Labute approximate surface area is 85.7 Å². The Bertz CT molecular complexity index is 375. The molecule has 2 heterocycles. The van der Waals surface area contributed by atoms with Crippen molar-refractivity contribution in [3.63, 3.8) is 0 Å². The largest absolute Gasteiger partial charge is 0.478 e. The van der Waals surface area contributed by atoms with Gasteiger partial charge in [0.2, 0.25) is 0 Å². The van der Waals surface area contributed by atoms with E-state index >= 15 is 0 Å². The van der Waals surface area contributed by atoms with Crippen LogP contribution in [0.5, 0.6) is 0 Å². The Morgan fingerprint density at radius 3 is 2.60 bits per heavy atom. The zero-order valence-corrected chi connectivity index (χ0v) is 7.75. The molecule has 0 unspecified atom stereocenters. The van der Waals surface area contributed by atoms with Crippen LogP contribution in [0.1, 0.15) is 10.4 Å². The van der Waals surface area contributed by atoms with E-state index in [9.17, 15) is 9.59 Å². The van der Waals surface area contributed by atoms with Crippen molar-refractivity contribution in [3.05, 3.63) is 30.1 Å². The van der Waals surface area contributed by atoms with Crippen LogP contribution >= 0.6 is 0 Å². The van der Waals surface area contributed by atoms with Crippen molar-refractivity contribution in [2.24, 2.45) is 4.99 Å². The molecule has 0 aliphatic carbocycles. The van der Waals surface area contributed by atoms with Crippen molar-refractivity contribution in [1.82, 2.24) is 10.3 Å². The van der Waals surface area contributed by atoms with Crippen LogP contribution in [0.15, 0.2) is 29.5 Å². The summed E-state index contributed by atoms with van der Waals surface area (Å²) in [5.74, 6) is -0.942. The molecular weight excluding hydrogens is 198 g/mol. The molecule has 0 spiro atoms. The molecule has 78 valence electrons. The normalized spacial score (nSPS) is 12.7. The number of aromatic carboxylic acids is 1. The Kier molecular flexibility index (Phi) is 3.96. The smallest absolute Gasteiger partial charge is 0.340 e. The second-order valence-corrected chi connectivity index (χ2v) is 2.54. The molecule has 0 aromatic carbocycles. The molecule has 0 saturated carbocycles. The van der Waals surface area contributed by atoms with Gasteiger partial charge in [-0.25, -0.2) is 14.6 Å². The van der Waals surface area contributed by atoms with Crippen molar-refractivity contribution in [3.8, 4) is 0 Å². The summed E-state index contributed by atoms with van der Waals surface area (Å²) < 4.78 is 0. The highest BCUT2D eigenvalue weighted by molar-refractivity contribution is 5.90. The van der Waals surface area contributed by atoms with Gasteiger partial charge in [-0.3, -0.25) is 4.98 Å². The summed E-state index contributed by atoms with van der Waals surface area (Å²) >= 11 is 0. The van der Waals surface area contributed by atoms with Gasteiger partial charge in [0.1, 0.15) is 0 Å². The lowest BCUT2D eigenvalue weighted by Crippen LogP contribution is -2.12. The molecule has 6 nitrogen and oxygen atoms in total. The molecule has 2 rings (SSSR count). The van der Waals surface area contributed by atoms with Crippen molar-refractivity contribution < 1.29 is 14.7 Å². The molecule has 0 saturated heterocycles. The Morgan fingerprint density at radius 2 is 2.33 bits per heavy atom. The summed E-state index contributed by atoms with van der Waals surface area (Å²) in [6.07, 6.45) is 4.39. The molecule has 0 atom stereocenters. The van der Waals surface area contributed by atoms with Crippen molar-refractivity contribution in [2.75, 3.05) is 6.54 Å². The average Bonchev–Trinajstić information content (AvgIpc) is 2.71. The van der Waals surface area contributed by atoms with Crippen molar-refractivity contribution in [2.45, 2.75) is 0 Å². The molecule has 0 fully saturated rings. The Morgan fingerprint density at radius 1 is 1.53 bits per heavy atom. The fourth-order valence-corrected chi connectivity index (χ4v) is 0.796. The fraction of sp³-hybridized carbons (Fsp3) is 0.111. The number of aromatic nitrogens is 1. The topological polar surface area (TPSA) is 91.6 Å². The second kappa shape index (κ2) is 5.48. The number of carbonyl (C=O) groups is 2. The van der Waals surface area contributed by atoms with Gasteiger partial charge in [0.25, 0.3) is 0 Å². The van der Waals surface area contributed by atoms with Crippen LogP contribution in [-0.2, 0) is 0 Å². The average molecular weight is 207 g/mol. The van der Waals surface area contributed by atoms with Crippen molar-refractivity contribution in [1.29, 1.82) is 0 Å². The van der Waals surface area contributed by atoms with Gasteiger partial charge in [0, 0.05) is 18.6 Å². The highest BCUT2D eigenvalue weighted by Crippen LogP contribution is 1.92. The molecule has 6 heteroatoms. The first-order chi connectivity index (χ1) is 7.20. The number of carbonyl (C=O) groups excluding carboxylic acids is 1. The molecule has 1 aliphatic heterocycles. The zero-order valence-electron chi connectivity index (χ0n) is 7.75. The first-order valence-electron chi connectivity index (χ1n) is 4.14. The molecule has 1 aromatic heterocycles. The highest BCUT2D eigenvalue weighted by atomic mass is 16.4. The fourth-order valence-electron chi connectivity index (χ4n) is 0.796. The molecule has 15 heavy (non-hydrogen) atoms. The predicted octanol–water partition coefficient (Wildman–Crippen LogP) is 0.560. The minimum atomic E-state index is -0.942. The van der Waals surface area contributed by atoms with Crippen LogP contribution in [0.2, 0.25) is 0 Å². The van der Waals surface area contributed by atoms with E-state index in [0.29, 0.717) is 6.54 Å². The molecule has 1 aliphatic rings. The van der Waals surface area contributed by atoms with Crippen LogP contribution in [-0.4, -0.2) is 34.9 Å². The first-order valence-corrected chi connectivity index (χ1v) is 4.14. The van der Waals surface area contributed by atoms with E-state index in [-0.39, 0.29) is 11.6 Å². The first kappa shape index (κ1) is 10.8. The van der Waals surface area contributed by atoms with E-state index in [4.69, 9.17) is 5.11 Å². The maximum absolute atomic E-state index is 10.2. The quantitative estimate of drug-likeness (QED) is 0.703. The van der Waals surface area contributed by atoms with Crippen LogP contribution in [0.4, 0.5) is 4.79 Å². The lowest BCUT2D eigenvalue weighted by atomic mass is 10.3. The van der Waals surface area contributed by atoms with Gasteiger partial charge in [-0.05, 0) is 12.1 Å². The van der Waals surface area contributed by atoms with Crippen LogP contribution < -0.4 is 5.32 Å². The number of carboxylic acid groups (broad SMARTS) is 1. The number of pyridine rings is 1. The number of urea groups is 1. The van der Waals surface area contributed by atoms with E-state index in [1.807, 2.05) is 0 Å². The van der Waals surface area contributed by atoms with Gasteiger partial charge in [-0.2, -0.15) is 0 Å². The predicted molar refractivity (Wildman–Crippen MR) is 53.1 cm³/mol. The summed E-state index contributed by atoms with van der Waals surface area (Å²) in [6, 6.07) is 2.86.